The van der Waals surface area contributed by atoms with Crippen LogP contribution in [0.3, 0.4) is 0 Å². The van der Waals surface area contributed by atoms with Gasteiger partial charge in [0.2, 0.25) is 10.0 Å². The van der Waals surface area contributed by atoms with E-state index in [2.05, 4.69) is 35.5 Å². The molecule has 0 aromatic carbocycles. The van der Waals surface area contributed by atoms with Crippen molar-refractivity contribution in [1.82, 2.24) is 14.6 Å². The standard InChI is InChI=1S/C13H25N3O3S/c1-11(2)16(3)7-5-4-6-15-20(18,19)13-8-12(10-17)14-9-13/h8-9,11,14-15,17H,4-7,10H2,1-3H3. The fourth-order valence-corrected chi connectivity index (χ4v) is 2.79. The van der Waals surface area contributed by atoms with Crippen molar-refractivity contribution in [2.45, 2.75) is 44.2 Å². The number of nitrogens with one attached hydrogen (secondary N) is 2. The molecule has 0 unspecified atom stereocenters. The maximum atomic E-state index is 11.9. The average Bonchev–Trinajstić information content (AvgIpc) is 2.87. The van der Waals surface area contributed by atoms with Crippen LogP contribution in [0.4, 0.5) is 0 Å². The van der Waals surface area contributed by atoms with Crippen molar-refractivity contribution in [2.24, 2.45) is 0 Å². The minimum atomic E-state index is -3.47. The van der Waals surface area contributed by atoms with Crippen LogP contribution in [-0.4, -0.2) is 49.6 Å². The first kappa shape index (κ1) is 17.2. The first-order valence-electron chi connectivity index (χ1n) is 6.85. The van der Waals surface area contributed by atoms with Gasteiger partial charge in [0.1, 0.15) is 0 Å². The Balaban J connectivity index is 2.34. The Morgan fingerprint density at radius 2 is 2.10 bits per heavy atom. The zero-order valence-corrected chi connectivity index (χ0v) is 13.2. The molecule has 0 saturated carbocycles. The molecule has 1 rings (SSSR count). The average molecular weight is 303 g/mol. The van der Waals surface area contributed by atoms with Gasteiger partial charge in [0.05, 0.1) is 11.5 Å². The van der Waals surface area contributed by atoms with Crippen LogP contribution in [0.2, 0.25) is 0 Å². The lowest BCUT2D eigenvalue weighted by Gasteiger charge is -2.20. The smallest absolute Gasteiger partial charge is 0.242 e. The summed E-state index contributed by atoms with van der Waals surface area (Å²) in [7, 11) is -1.41. The number of aliphatic hydroxyl groups is 1. The SMILES string of the molecule is CC(C)N(C)CCCCNS(=O)(=O)c1c[nH]c(CO)c1. The number of H-pyrrole nitrogens is 1. The molecular weight excluding hydrogens is 278 g/mol. The predicted octanol–water partition coefficient (Wildman–Crippen LogP) is 0.906. The van der Waals surface area contributed by atoms with Gasteiger partial charge in [-0.1, -0.05) is 0 Å². The molecule has 6 nitrogen and oxygen atoms in total. The number of aromatic nitrogens is 1. The van der Waals surface area contributed by atoms with Gasteiger partial charge in [-0.25, -0.2) is 13.1 Å². The first-order valence-corrected chi connectivity index (χ1v) is 8.33. The van der Waals surface area contributed by atoms with Crippen molar-refractivity contribution < 1.29 is 13.5 Å². The molecular formula is C13H25N3O3S. The summed E-state index contributed by atoms with van der Waals surface area (Å²) < 4.78 is 26.5. The highest BCUT2D eigenvalue weighted by Crippen LogP contribution is 2.10. The molecule has 0 bridgehead atoms. The Bertz CT molecular complexity index is 497. The summed E-state index contributed by atoms with van der Waals surface area (Å²) in [6.45, 7) is 5.45. The van der Waals surface area contributed by atoms with Crippen molar-refractivity contribution >= 4 is 10.0 Å². The van der Waals surface area contributed by atoms with Crippen LogP contribution >= 0.6 is 0 Å². The molecule has 0 fully saturated rings. The molecule has 20 heavy (non-hydrogen) atoms. The molecule has 0 aliphatic carbocycles. The second-order valence-corrected chi connectivity index (χ2v) is 6.96. The third kappa shape index (κ3) is 5.24. The van der Waals surface area contributed by atoms with Crippen molar-refractivity contribution in [3.63, 3.8) is 0 Å². The van der Waals surface area contributed by atoms with E-state index in [-0.39, 0.29) is 11.5 Å². The largest absolute Gasteiger partial charge is 0.390 e. The van der Waals surface area contributed by atoms with Gasteiger partial charge in [-0.3, -0.25) is 0 Å². The first-order chi connectivity index (χ1) is 9.36. The summed E-state index contributed by atoms with van der Waals surface area (Å²) in [5.74, 6) is 0. The van der Waals surface area contributed by atoms with Crippen molar-refractivity contribution in [3.8, 4) is 0 Å². The maximum absolute atomic E-state index is 11.9. The van der Waals surface area contributed by atoms with Gasteiger partial charge in [0.15, 0.2) is 0 Å². The van der Waals surface area contributed by atoms with E-state index in [1.54, 1.807) is 0 Å². The monoisotopic (exact) mass is 303 g/mol. The van der Waals surface area contributed by atoms with Crippen LogP contribution in [0.1, 0.15) is 32.4 Å². The number of aliphatic hydroxyl groups excluding tert-OH is 1. The lowest BCUT2D eigenvalue weighted by molar-refractivity contribution is 0.268. The summed E-state index contributed by atoms with van der Waals surface area (Å²) in [5.41, 5.74) is 0.490. The second kappa shape index (κ2) is 7.78. The van der Waals surface area contributed by atoms with Gasteiger partial charge in [0, 0.05) is 24.5 Å². The molecule has 3 N–H and O–H groups in total. The van der Waals surface area contributed by atoms with E-state index in [1.807, 2.05) is 0 Å². The van der Waals surface area contributed by atoms with E-state index in [0.29, 0.717) is 18.3 Å². The van der Waals surface area contributed by atoms with Crippen LogP contribution < -0.4 is 4.72 Å². The minimum Gasteiger partial charge on any atom is -0.390 e. The van der Waals surface area contributed by atoms with Crippen molar-refractivity contribution in [2.75, 3.05) is 20.1 Å². The molecule has 0 aliphatic rings. The summed E-state index contributed by atoms with van der Waals surface area (Å²) in [6.07, 6.45) is 3.14. The maximum Gasteiger partial charge on any atom is 0.242 e. The number of hydrogen-bond donors (Lipinski definition) is 3. The molecule has 0 saturated heterocycles. The Labute approximate surface area is 121 Å². The molecule has 0 radical (unpaired) electrons. The van der Waals surface area contributed by atoms with E-state index < -0.39 is 10.0 Å². The van der Waals surface area contributed by atoms with Crippen LogP contribution in [0.15, 0.2) is 17.2 Å². The van der Waals surface area contributed by atoms with Gasteiger partial charge in [0.25, 0.3) is 0 Å². The molecule has 116 valence electrons. The fraction of sp³-hybridized carbons (Fsp3) is 0.692. The number of nitrogens with zero attached hydrogens (tertiary/aromatic N) is 1. The van der Waals surface area contributed by atoms with Crippen molar-refractivity contribution in [3.05, 3.63) is 18.0 Å². The number of rotatable bonds is 9. The second-order valence-electron chi connectivity index (χ2n) is 5.20. The molecule has 1 heterocycles. The van der Waals surface area contributed by atoms with Gasteiger partial charge >= 0.3 is 0 Å². The van der Waals surface area contributed by atoms with Crippen LogP contribution in [0.25, 0.3) is 0 Å². The van der Waals surface area contributed by atoms with Crippen LogP contribution in [0.5, 0.6) is 0 Å². The summed E-state index contributed by atoms with van der Waals surface area (Å²) in [6, 6.07) is 1.94. The Morgan fingerprint density at radius 1 is 1.40 bits per heavy atom. The summed E-state index contributed by atoms with van der Waals surface area (Å²) in [4.78, 5) is 5.11. The van der Waals surface area contributed by atoms with Crippen LogP contribution in [0, 0.1) is 0 Å². The van der Waals surface area contributed by atoms with E-state index in [1.165, 1.54) is 12.3 Å². The minimum absolute atomic E-state index is 0.167. The lowest BCUT2D eigenvalue weighted by atomic mass is 10.2. The Kier molecular flexibility index (Phi) is 6.67. The third-order valence-corrected chi connectivity index (χ3v) is 4.75. The van der Waals surface area contributed by atoms with Gasteiger partial charge in [-0.2, -0.15) is 0 Å². The Morgan fingerprint density at radius 3 is 2.65 bits per heavy atom. The van der Waals surface area contributed by atoms with E-state index in [0.717, 1.165) is 19.4 Å². The topological polar surface area (TPSA) is 85.4 Å². The summed E-state index contributed by atoms with van der Waals surface area (Å²) in [5, 5.41) is 8.91. The molecule has 0 amide bonds. The third-order valence-electron chi connectivity index (χ3n) is 3.31. The van der Waals surface area contributed by atoms with Gasteiger partial charge in [-0.15, -0.1) is 0 Å². The Hall–Kier alpha value is -0.890. The molecule has 7 heteroatoms. The molecule has 0 spiro atoms. The number of sulfonamides is 1. The zero-order chi connectivity index (χ0) is 15.2. The number of aromatic amines is 1. The summed E-state index contributed by atoms with van der Waals surface area (Å²) >= 11 is 0. The van der Waals surface area contributed by atoms with Crippen LogP contribution in [-0.2, 0) is 16.6 Å². The quantitative estimate of drug-likeness (QED) is 0.592. The molecule has 0 atom stereocenters. The van der Waals surface area contributed by atoms with Crippen molar-refractivity contribution in [1.29, 1.82) is 0 Å². The van der Waals surface area contributed by atoms with Gasteiger partial charge < -0.3 is 15.0 Å². The lowest BCUT2D eigenvalue weighted by Crippen LogP contribution is -2.29. The zero-order valence-electron chi connectivity index (χ0n) is 12.4. The molecule has 1 aromatic heterocycles. The van der Waals surface area contributed by atoms with E-state index >= 15 is 0 Å². The number of unbranched alkanes of at least 4 members (excludes halogenated alkanes) is 1. The highest BCUT2D eigenvalue weighted by Gasteiger charge is 2.15. The highest BCUT2D eigenvalue weighted by atomic mass is 32.2. The van der Waals surface area contributed by atoms with E-state index in [4.69, 9.17) is 5.11 Å². The number of hydrogen-bond acceptors (Lipinski definition) is 4. The highest BCUT2D eigenvalue weighted by molar-refractivity contribution is 7.89. The molecule has 0 aliphatic heterocycles. The predicted molar refractivity (Wildman–Crippen MR) is 78.9 cm³/mol. The van der Waals surface area contributed by atoms with Gasteiger partial charge in [-0.05, 0) is 46.3 Å². The fourth-order valence-electron chi connectivity index (χ4n) is 1.70. The normalized spacial score (nSPS) is 12.5. The van der Waals surface area contributed by atoms with E-state index in [9.17, 15) is 8.42 Å². The molecule has 1 aromatic rings.